The molecular weight excluding hydrogens is 560 g/mol. The Hall–Kier alpha value is -4.00. The predicted molar refractivity (Wildman–Crippen MR) is 182 cm³/mol. The van der Waals surface area contributed by atoms with E-state index >= 15 is 0 Å². The Morgan fingerprint density at radius 2 is 1.69 bits per heavy atom. The SMILES string of the molecule is CCCCc1nc2cc(N(CC)C(=O)C3CCCCC3)c(C)nc2n1Cc1ccc(-c2ccccc2C(=O)OC(C)(C)C)cc1. The normalized spacial score (nSPS) is 14.1. The minimum Gasteiger partial charge on any atom is -0.456 e. The standard InChI is InChI=1S/C38H48N4O3/c1-7-9-19-34-40-32-24-33(41(8-2)36(43)29-15-11-10-12-16-29)26(3)39-35(32)42(34)25-27-20-22-28(23-21-27)30-17-13-14-18-31(30)37(44)45-38(4,5)6/h13-14,17-18,20-24,29H,7-12,15-16,19,25H2,1-6H3. The first kappa shape index (κ1) is 32.4. The summed E-state index contributed by atoms with van der Waals surface area (Å²) < 4.78 is 7.90. The van der Waals surface area contributed by atoms with Gasteiger partial charge in [-0.05, 0) is 82.7 Å². The average Bonchev–Trinajstić information content (AvgIpc) is 3.35. The van der Waals surface area contributed by atoms with Crippen molar-refractivity contribution >= 4 is 28.7 Å². The number of carbonyl (C=O) groups excluding carboxylic acids is 2. The molecule has 2 aromatic carbocycles. The topological polar surface area (TPSA) is 77.3 Å². The van der Waals surface area contributed by atoms with Crippen molar-refractivity contribution in [3.05, 3.63) is 77.2 Å². The molecule has 0 radical (unpaired) electrons. The van der Waals surface area contributed by atoms with E-state index in [1.54, 1.807) is 0 Å². The number of rotatable bonds is 10. The number of ether oxygens (including phenoxy) is 1. The number of nitrogens with zero attached hydrogens (tertiary/aromatic N) is 4. The molecule has 0 N–H and O–H groups in total. The van der Waals surface area contributed by atoms with Crippen LogP contribution in [-0.2, 0) is 22.5 Å². The Morgan fingerprint density at radius 1 is 0.978 bits per heavy atom. The third kappa shape index (κ3) is 7.46. The number of hydrogen-bond acceptors (Lipinski definition) is 5. The van der Waals surface area contributed by atoms with Gasteiger partial charge in [-0.1, -0.05) is 75.1 Å². The van der Waals surface area contributed by atoms with Gasteiger partial charge in [-0.2, -0.15) is 0 Å². The number of aromatic nitrogens is 3. The lowest BCUT2D eigenvalue weighted by atomic mass is 9.88. The fraction of sp³-hybridized carbons (Fsp3) is 0.474. The molecule has 0 bridgehead atoms. The maximum Gasteiger partial charge on any atom is 0.339 e. The van der Waals surface area contributed by atoms with Crippen LogP contribution in [0.3, 0.4) is 0 Å². The zero-order valence-corrected chi connectivity index (χ0v) is 27.9. The highest BCUT2D eigenvalue weighted by atomic mass is 16.6. The minimum absolute atomic E-state index is 0.102. The summed E-state index contributed by atoms with van der Waals surface area (Å²) in [5.41, 5.74) is 6.33. The highest BCUT2D eigenvalue weighted by Gasteiger charge is 2.28. The quantitative estimate of drug-likeness (QED) is 0.168. The summed E-state index contributed by atoms with van der Waals surface area (Å²) in [6.07, 6.45) is 8.42. The van der Waals surface area contributed by atoms with Crippen molar-refractivity contribution in [3.63, 3.8) is 0 Å². The Labute approximate surface area is 268 Å². The summed E-state index contributed by atoms with van der Waals surface area (Å²) in [6, 6.07) is 18.0. The van der Waals surface area contributed by atoms with E-state index in [1.165, 1.54) is 6.42 Å². The molecule has 238 valence electrons. The molecule has 1 fully saturated rings. The van der Waals surface area contributed by atoms with Gasteiger partial charge in [0.25, 0.3) is 0 Å². The predicted octanol–water partition coefficient (Wildman–Crippen LogP) is 8.69. The van der Waals surface area contributed by atoms with Crippen molar-refractivity contribution in [2.75, 3.05) is 11.4 Å². The number of aryl methyl sites for hydroxylation is 2. The first-order chi connectivity index (χ1) is 21.6. The van der Waals surface area contributed by atoms with Crippen LogP contribution in [0.15, 0.2) is 54.6 Å². The number of pyridine rings is 1. The van der Waals surface area contributed by atoms with Gasteiger partial charge in [0.2, 0.25) is 5.91 Å². The second kappa shape index (κ2) is 14.0. The molecular formula is C38H48N4O3. The van der Waals surface area contributed by atoms with Gasteiger partial charge in [-0.15, -0.1) is 0 Å². The monoisotopic (exact) mass is 608 g/mol. The first-order valence-electron chi connectivity index (χ1n) is 16.7. The van der Waals surface area contributed by atoms with E-state index in [0.717, 1.165) is 90.0 Å². The van der Waals surface area contributed by atoms with Crippen LogP contribution >= 0.6 is 0 Å². The van der Waals surface area contributed by atoms with Crippen molar-refractivity contribution in [2.24, 2.45) is 5.92 Å². The molecule has 0 atom stereocenters. The Morgan fingerprint density at radius 3 is 2.36 bits per heavy atom. The summed E-state index contributed by atoms with van der Waals surface area (Å²) in [6.45, 7) is 13.1. The van der Waals surface area contributed by atoms with Crippen LogP contribution in [0.1, 0.15) is 107 Å². The number of fused-ring (bicyclic) bond motifs is 1. The van der Waals surface area contributed by atoms with Gasteiger partial charge in [0.15, 0.2) is 5.65 Å². The maximum atomic E-state index is 13.6. The smallest absolute Gasteiger partial charge is 0.339 e. The average molecular weight is 609 g/mol. The summed E-state index contributed by atoms with van der Waals surface area (Å²) >= 11 is 0. The number of imidazole rings is 1. The fourth-order valence-electron chi connectivity index (χ4n) is 6.37. The number of anilines is 1. The van der Waals surface area contributed by atoms with Crippen molar-refractivity contribution in [1.82, 2.24) is 14.5 Å². The number of hydrogen-bond donors (Lipinski definition) is 0. The molecule has 4 aromatic rings. The molecule has 0 spiro atoms. The van der Waals surface area contributed by atoms with Crippen molar-refractivity contribution in [3.8, 4) is 11.1 Å². The Kier molecular flexibility index (Phi) is 10.1. The van der Waals surface area contributed by atoms with E-state index in [1.807, 2.05) is 63.8 Å². The number of benzene rings is 2. The number of carbonyl (C=O) groups is 2. The van der Waals surface area contributed by atoms with Crippen LogP contribution < -0.4 is 4.90 Å². The maximum absolute atomic E-state index is 13.6. The lowest BCUT2D eigenvalue weighted by molar-refractivity contribution is -0.123. The molecule has 1 aliphatic rings. The molecule has 45 heavy (non-hydrogen) atoms. The molecule has 1 amide bonds. The molecule has 1 saturated carbocycles. The van der Waals surface area contributed by atoms with Gasteiger partial charge in [0.1, 0.15) is 16.9 Å². The minimum atomic E-state index is -0.565. The first-order valence-corrected chi connectivity index (χ1v) is 16.7. The molecule has 0 aliphatic heterocycles. The van der Waals surface area contributed by atoms with Gasteiger partial charge in [-0.25, -0.2) is 14.8 Å². The number of esters is 1. The van der Waals surface area contributed by atoms with Crippen molar-refractivity contribution in [1.29, 1.82) is 0 Å². The Bertz CT molecular complexity index is 1640. The Balaban J connectivity index is 1.45. The molecule has 7 nitrogen and oxygen atoms in total. The van der Waals surface area contributed by atoms with Gasteiger partial charge >= 0.3 is 5.97 Å². The number of unbranched alkanes of at least 4 members (excludes halogenated alkanes) is 1. The molecule has 7 heteroatoms. The molecule has 1 aliphatic carbocycles. The van der Waals surface area contributed by atoms with Crippen molar-refractivity contribution in [2.45, 2.75) is 105 Å². The molecule has 0 unspecified atom stereocenters. The van der Waals surface area contributed by atoms with E-state index in [-0.39, 0.29) is 17.8 Å². The van der Waals surface area contributed by atoms with Crippen molar-refractivity contribution < 1.29 is 14.3 Å². The largest absolute Gasteiger partial charge is 0.456 e. The summed E-state index contributed by atoms with van der Waals surface area (Å²) in [5.74, 6) is 1.01. The summed E-state index contributed by atoms with van der Waals surface area (Å²) in [7, 11) is 0. The summed E-state index contributed by atoms with van der Waals surface area (Å²) in [4.78, 5) is 38.6. The highest BCUT2D eigenvalue weighted by Crippen LogP contribution is 2.31. The zero-order chi connectivity index (χ0) is 32.1. The highest BCUT2D eigenvalue weighted by molar-refractivity contribution is 5.98. The van der Waals surface area contributed by atoms with Crippen LogP contribution in [0.2, 0.25) is 0 Å². The second-order valence-electron chi connectivity index (χ2n) is 13.3. The van der Waals surface area contributed by atoms with E-state index in [9.17, 15) is 9.59 Å². The third-order valence-corrected chi connectivity index (χ3v) is 8.70. The molecule has 2 heterocycles. The lowest BCUT2D eigenvalue weighted by Crippen LogP contribution is -2.37. The van der Waals surface area contributed by atoms with Crippen LogP contribution in [0.25, 0.3) is 22.3 Å². The second-order valence-corrected chi connectivity index (χ2v) is 13.3. The van der Waals surface area contributed by atoms with Crippen LogP contribution in [0.5, 0.6) is 0 Å². The number of amides is 1. The zero-order valence-electron chi connectivity index (χ0n) is 27.9. The molecule has 0 saturated heterocycles. The fourth-order valence-corrected chi connectivity index (χ4v) is 6.37. The van der Waals surface area contributed by atoms with Gasteiger partial charge in [0, 0.05) is 18.9 Å². The van der Waals surface area contributed by atoms with E-state index in [0.29, 0.717) is 18.7 Å². The van der Waals surface area contributed by atoms with Gasteiger partial charge in [0.05, 0.1) is 23.5 Å². The molecule has 2 aromatic heterocycles. The van der Waals surface area contributed by atoms with E-state index < -0.39 is 5.60 Å². The summed E-state index contributed by atoms with van der Waals surface area (Å²) in [5, 5.41) is 0. The van der Waals surface area contributed by atoms with E-state index in [2.05, 4.69) is 41.8 Å². The van der Waals surface area contributed by atoms with E-state index in [4.69, 9.17) is 14.7 Å². The van der Waals surface area contributed by atoms with Gasteiger partial charge in [-0.3, -0.25) is 4.79 Å². The third-order valence-electron chi connectivity index (χ3n) is 8.70. The molecule has 5 rings (SSSR count). The van der Waals surface area contributed by atoms with Gasteiger partial charge < -0.3 is 14.2 Å². The van der Waals surface area contributed by atoms with Crippen LogP contribution in [0, 0.1) is 12.8 Å². The van der Waals surface area contributed by atoms with Crippen LogP contribution in [0.4, 0.5) is 5.69 Å². The lowest BCUT2D eigenvalue weighted by Gasteiger charge is -2.29. The van der Waals surface area contributed by atoms with Crippen LogP contribution in [-0.4, -0.2) is 38.6 Å².